The van der Waals surface area contributed by atoms with E-state index in [0.29, 0.717) is 18.3 Å². The number of nitrogens with zero attached hydrogens (tertiary/aromatic N) is 3. The lowest BCUT2D eigenvalue weighted by Gasteiger charge is -2.20. The van der Waals surface area contributed by atoms with Crippen LogP contribution in [0.1, 0.15) is 24.6 Å². The number of rotatable bonds is 5. The molecule has 0 saturated heterocycles. The Balaban J connectivity index is 1.50. The maximum absolute atomic E-state index is 5.95. The minimum absolute atomic E-state index is 0.106. The molecular formula is C18H17N3O2S. The van der Waals surface area contributed by atoms with Crippen LogP contribution in [0.5, 0.6) is 0 Å². The van der Waals surface area contributed by atoms with Crippen LogP contribution < -0.4 is 0 Å². The number of hydrogen-bond acceptors (Lipinski definition) is 6. The van der Waals surface area contributed by atoms with Gasteiger partial charge in [0.1, 0.15) is 11.3 Å². The monoisotopic (exact) mass is 339 g/mol. The van der Waals surface area contributed by atoms with Gasteiger partial charge in [-0.1, -0.05) is 29.4 Å². The second kappa shape index (κ2) is 6.22. The lowest BCUT2D eigenvalue weighted by atomic mass is 10.2. The first-order valence-electron chi connectivity index (χ1n) is 7.76. The molecule has 1 aromatic carbocycles. The molecule has 0 saturated carbocycles. The average Bonchev–Trinajstić information content (AvgIpc) is 3.32. The first kappa shape index (κ1) is 15.1. The Hall–Kier alpha value is -2.44. The second-order valence-electron chi connectivity index (χ2n) is 5.77. The molecule has 122 valence electrons. The average molecular weight is 339 g/mol. The van der Waals surface area contributed by atoms with Crippen LogP contribution in [-0.4, -0.2) is 22.1 Å². The van der Waals surface area contributed by atoms with E-state index in [4.69, 9.17) is 8.94 Å². The molecule has 1 atom stereocenters. The Bertz CT molecular complexity index is 909. The minimum atomic E-state index is 0.106. The molecule has 0 spiro atoms. The van der Waals surface area contributed by atoms with Crippen LogP contribution in [0.2, 0.25) is 0 Å². The van der Waals surface area contributed by atoms with Gasteiger partial charge in [-0.15, -0.1) is 11.3 Å². The molecule has 0 fully saturated rings. The number of furan rings is 1. The summed E-state index contributed by atoms with van der Waals surface area (Å²) in [7, 11) is 2.02. The predicted molar refractivity (Wildman–Crippen MR) is 93.7 cm³/mol. The van der Waals surface area contributed by atoms with E-state index in [1.54, 1.807) is 11.3 Å². The van der Waals surface area contributed by atoms with Crippen molar-refractivity contribution in [3.63, 3.8) is 0 Å². The molecule has 3 heterocycles. The van der Waals surface area contributed by atoms with E-state index in [-0.39, 0.29) is 6.04 Å². The smallest absolute Gasteiger partial charge is 0.241 e. The van der Waals surface area contributed by atoms with Gasteiger partial charge in [-0.2, -0.15) is 4.98 Å². The quantitative estimate of drug-likeness (QED) is 0.526. The van der Waals surface area contributed by atoms with Gasteiger partial charge in [0.2, 0.25) is 11.7 Å². The fourth-order valence-corrected chi connectivity index (χ4v) is 3.25. The molecule has 24 heavy (non-hydrogen) atoms. The van der Waals surface area contributed by atoms with Gasteiger partial charge < -0.3 is 8.94 Å². The van der Waals surface area contributed by atoms with Crippen LogP contribution in [0, 0.1) is 0 Å². The second-order valence-corrected chi connectivity index (χ2v) is 6.71. The van der Waals surface area contributed by atoms with Gasteiger partial charge in [-0.25, -0.2) is 0 Å². The first-order valence-corrected chi connectivity index (χ1v) is 8.64. The lowest BCUT2D eigenvalue weighted by Crippen LogP contribution is -2.21. The van der Waals surface area contributed by atoms with Crippen molar-refractivity contribution in [2.75, 3.05) is 7.05 Å². The normalized spacial score (nSPS) is 13.0. The van der Waals surface area contributed by atoms with E-state index in [9.17, 15) is 0 Å². The summed E-state index contributed by atoms with van der Waals surface area (Å²) in [5.74, 6) is 2.17. The van der Waals surface area contributed by atoms with Gasteiger partial charge in [0.15, 0.2) is 0 Å². The minimum Gasteiger partial charge on any atom is -0.459 e. The van der Waals surface area contributed by atoms with Crippen molar-refractivity contribution in [2.45, 2.75) is 19.5 Å². The molecule has 0 amide bonds. The van der Waals surface area contributed by atoms with Crippen LogP contribution >= 0.6 is 11.3 Å². The molecule has 0 bridgehead atoms. The zero-order valence-electron chi connectivity index (χ0n) is 13.5. The van der Waals surface area contributed by atoms with Gasteiger partial charge in [-0.05, 0) is 37.6 Å². The Morgan fingerprint density at radius 1 is 1.21 bits per heavy atom. The molecule has 0 aliphatic carbocycles. The zero-order valence-corrected chi connectivity index (χ0v) is 14.3. The van der Waals surface area contributed by atoms with Crippen molar-refractivity contribution in [3.8, 4) is 10.7 Å². The molecule has 0 N–H and O–H groups in total. The molecule has 3 aromatic heterocycles. The largest absolute Gasteiger partial charge is 0.459 e. The fourth-order valence-electron chi connectivity index (χ4n) is 2.60. The van der Waals surface area contributed by atoms with Gasteiger partial charge >= 0.3 is 0 Å². The zero-order chi connectivity index (χ0) is 16.5. The van der Waals surface area contributed by atoms with E-state index in [2.05, 4.69) is 34.1 Å². The Labute approximate surface area is 143 Å². The lowest BCUT2D eigenvalue weighted by molar-refractivity contribution is 0.198. The van der Waals surface area contributed by atoms with Crippen molar-refractivity contribution < 1.29 is 8.94 Å². The summed E-state index contributed by atoms with van der Waals surface area (Å²) in [5.41, 5.74) is 0.908. The summed E-state index contributed by atoms with van der Waals surface area (Å²) in [6.45, 7) is 2.67. The van der Waals surface area contributed by atoms with Crippen molar-refractivity contribution in [3.05, 3.63) is 59.5 Å². The van der Waals surface area contributed by atoms with E-state index < -0.39 is 0 Å². The maximum atomic E-state index is 5.95. The van der Waals surface area contributed by atoms with Crippen LogP contribution in [0.25, 0.3) is 21.7 Å². The molecular weight excluding hydrogens is 322 g/mol. The number of hydrogen-bond donors (Lipinski definition) is 0. The highest BCUT2D eigenvalue weighted by Gasteiger charge is 2.19. The van der Waals surface area contributed by atoms with Gasteiger partial charge in [0, 0.05) is 5.39 Å². The predicted octanol–water partition coefficient (Wildman–Crippen LogP) is 4.74. The fraction of sp³-hybridized carbons (Fsp3) is 0.222. The van der Waals surface area contributed by atoms with Crippen LogP contribution in [0.15, 0.2) is 56.8 Å². The van der Waals surface area contributed by atoms with Crippen LogP contribution in [0.3, 0.4) is 0 Å². The highest BCUT2D eigenvalue weighted by molar-refractivity contribution is 7.13. The molecule has 4 rings (SSSR count). The summed E-state index contributed by atoms with van der Waals surface area (Å²) in [4.78, 5) is 7.61. The number of fused-ring (bicyclic) bond motifs is 1. The topological polar surface area (TPSA) is 55.3 Å². The number of aromatic nitrogens is 2. The van der Waals surface area contributed by atoms with E-state index >= 15 is 0 Å². The Kier molecular flexibility index (Phi) is 3.92. The molecule has 0 aliphatic rings. The molecule has 4 aromatic rings. The first-order chi connectivity index (χ1) is 11.7. The highest BCUT2D eigenvalue weighted by atomic mass is 32.1. The molecule has 1 unspecified atom stereocenters. The van der Waals surface area contributed by atoms with Crippen molar-refractivity contribution in [2.24, 2.45) is 0 Å². The van der Waals surface area contributed by atoms with Gasteiger partial charge in [-0.3, -0.25) is 4.90 Å². The third kappa shape index (κ3) is 2.86. The molecule has 6 heteroatoms. The maximum Gasteiger partial charge on any atom is 0.241 e. The van der Waals surface area contributed by atoms with Gasteiger partial charge in [0.05, 0.1) is 17.5 Å². The summed E-state index contributed by atoms with van der Waals surface area (Å²) >= 11 is 1.60. The number of para-hydroxylation sites is 1. The summed E-state index contributed by atoms with van der Waals surface area (Å²) < 4.78 is 11.3. The molecule has 0 radical (unpaired) electrons. The third-order valence-electron chi connectivity index (χ3n) is 4.11. The number of benzene rings is 1. The molecule has 0 aliphatic heterocycles. The van der Waals surface area contributed by atoms with Gasteiger partial charge in [0.25, 0.3) is 0 Å². The van der Waals surface area contributed by atoms with Crippen molar-refractivity contribution in [1.29, 1.82) is 0 Å². The van der Waals surface area contributed by atoms with Crippen LogP contribution in [-0.2, 0) is 6.54 Å². The van der Waals surface area contributed by atoms with E-state index in [0.717, 1.165) is 21.6 Å². The van der Waals surface area contributed by atoms with E-state index in [1.807, 2.05) is 42.8 Å². The molecule has 5 nitrogen and oxygen atoms in total. The summed E-state index contributed by atoms with van der Waals surface area (Å²) in [6, 6.07) is 14.2. The summed E-state index contributed by atoms with van der Waals surface area (Å²) in [6.07, 6.45) is 0. The SMILES string of the molecule is CC(c1cc2ccccc2o1)N(C)Cc1nc(-c2cccs2)no1. The number of thiophene rings is 1. The van der Waals surface area contributed by atoms with Crippen molar-refractivity contribution >= 4 is 22.3 Å². The summed E-state index contributed by atoms with van der Waals surface area (Å²) in [5, 5.41) is 7.17. The van der Waals surface area contributed by atoms with Crippen LogP contribution in [0.4, 0.5) is 0 Å². The standard InChI is InChI=1S/C18H17N3O2S/c1-12(15-10-13-6-3-4-7-14(13)22-15)21(2)11-17-19-18(20-23-17)16-8-5-9-24-16/h3-10,12H,11H2,1-2H3. The Morgan fingerprint density at radius 2 is 2.08 bits per heavy atom. The highest BCUT2D eigenvalue weighted by Crippen LogP contribution is 2.28. The van der Waals surface area contributed by atoms with E-state index in [1.165, 1.54) is 0 Å². The van der Waals surface area contributed by atoms with Crippen molar-refractivity contribution in [1.82, 2.24) is 15.0 Å². The Morgan fingerprint density at radius 3 is 2.88 bits per heavy atom. The third-order valence-corrected chi connectivity index (χ3v) is 4.98.